The third-order valence-electron chi connectivity index (χ3n) is 2.62. The van der Waals surface area contributed by atoms with Crippen LogP contribution in [0.25, 0.3) is 0 Å². The van der Waals surface area contributed by atoms with Crippen molar-refractivity contribution in [3.63, 3.8) is 0 Å². The molecule has 19 heavy (non-hydrogen) atoms. The number of benzene rings is 1. The second-order valence-electron chi connectivity index (χ2n) is 3.94. The molecule has 1 atom stereocenters. The Bertz CT molecular complexity index is 527. The standard InChI is InChI=1S/C11H11F3N4S/c12-11(13,14)8-3-1-2-7(4-8)5-9(17-15)10-6-16-18-19-10/h1-4,6,9,17H,5,15H2. The van der Waals surface area contributed by atoms with Crippen LogP contribution in [0.3, 0.4) is 0 Å². The van der Waals surface area contributed by atoms with Gasteiger partial charge in [-0.25, -0.2) is 0 Å². The third kappa shape index (κ3) is 3.49. The Morgan fingerprint density at radius 2 is 2.16 bits per heavy atom. The topological polar surface area (TPSA) is 63.8 Å². The number of hydrogen-bond donors (Lipinski definition) is 2. The zero-order valence-electron chi connectivity index (χ0n) is 9.69. The molecule has 8 heteroatoms. The van der Waals surface area contributed by atoms with Crippen molar-refractivity contribution in [1.82, 2.24) is 15.0 Å². The van der Waals surface area contributed by atoms with E-state index >= 15 is 0 Å². The van der Waals surface area contributed by atoms with Crippen molar-refractivity contribution in [3.05, 3.63) is 46.5 Å². The predicted octanol–water partition coefficient (Wildman–Crippen LogP) is 2.30. The fourth-order valence-corrected chi connectivity index (χ4v) is 2.24. The SMILES string of the molecule is NNC(Cc1cccc(C(F)(F)F)c1)c1cnns1. The summed E-state index contributed by atoms with van der Waals surface area (Å²) in [4.78, 5) is 0.778. The highest BCUT2D eigenvalue weighted by Gasteiger charge is 2.30. The van der Waals surface area contributed by atoms with Crippen molar-refractivity contribution in [2.45, 2.75) is 18.6 Å². The van der Waals surface area contributed by atoms with Crippen LogP contribution in [0.15, 0.2) is 30.5 Å². The van der Waals surface area contributed by atoms with Crippen LogP contribution in [0.4, 0.5) is 13.2 Å². The Balaban J connectivity index is 2.19. The first-order valence-corrected chi connectivity index (χ1v) is 6.17. The summed E-state index contributed by atoms with van der Waals surface area (Å²) in [6.45, 7) is 0. The van der Waals surface area contributed by atoms with Crippen molar-refractivity contribution < 1.29 is 13.2 Å². The molecule has 0 aliphatic heterocycles. The number of hydrogen-bond acceptors (Lipinski definition) is 5. The number of rotatable bonds is 4. The van der Waals surface area contributed by atoms with Gasteiger partial charge in [-0.3, -0.25) is 11.3 Å². The molecule has 0 spiro atoms. The van der Waals surface area contributed by atoms with Crippen LogP contribution in [0.2, 0.25) is 0 Å². The second kappa shape index (κ2) is 5.64. The van der Waals surface area contributed by atoms with Gasteiger partial charge in [0.2, 0.25) is 0 Å². The molecular weight excluding hydrogens is 277 g/mol. The van der Waals surface area contributed by atoms with Gasteiger partial charge in [0.15, 0.2) is 0 Å². The quantitative estimate of drug-likeness (QED) is 0.669. The molecule has 2 aromatic rings. The zero-order valence-corrected chi connectivity index (χ0v) is 10.5. The van der Waals surface area contributed by atoms with Crippen LogP contribution < -0.4 is 11.3 Å². The highest BCUT2D eigenvalue weighted by molar-refractivity contribution is 7.05. The predicted molar refractivity (Wildman–Crippen MR) is 65.1 cm³/mol. The molecule has 0 amide bonds. The minimum absolute atomic E-state index is 0.302. The summed E-state index contributed by atoms with van der Waals surface area (Å²) in [6.07, 6.45) is -2.46. The van der Waals surface area contributed by atoms with Crippen LogP contribution in [-0.4, -0.2) is 9.59 Å². The molecule has 0 radical (unpaired) electrons. The molecule has 0 saturated heterocycles. The van der Waals surface area contributed by atoms with Gasteiger partial charge in [0.05, 0.1) is 22.7 Å². The fourth-order valence-electron chi connectivity index (χ4n) is 1.68. The van der Waals surface area contributed by atoms with Gasteiger partial charge >= 0.3 is 6.18 Å². The van der Waals surface area contributed by atoms with Crippen LogP contribution in [0.5, 0.6) is 0 Å². The van der Waals surface area contributed by atoms with Crippen molar-refractivity contribution in [2.75, 3.05) is 0 Å². The largest absolute Gasteiger partial charge is 0.416 e. The fraction of sp³-hybridized carbons (Fsp3) is 0.273. The van der Waals surface area contributed by atoms with E-state index in [1.54, 1.807) is 12.3 Å². The van der Waals surface area contributed by atoms with Gasteiger partial charge in [-0.05, 0) is 29.6 Å². The lowest BCUT2D eigenvalue weighted by atomic mass is 10.0. The molecule has 0 fully saturated rings. The molecule has 2 rings (SSSR count). The first kappa shape index (κ1) is 13.9. The van der Waals surface area contributed by atoms with E-state index in [2.05, 4.69) is 15.0 Å². The number of aromatic nitrogens is 2. The van der Waals surface area contributed by atoms with Gasteiger partial charge in [0.1, 0.15) is 0 Å². The van der Waals surface area contributed by atoms with Crippen LogP contribution in [0.1, 0.15) is 22.0 Å². The minimum Gasteiger partial charge on any atom is -0.271 e. The summed E-state index contributed by atoms with van der Waals surface area (Å²) in [6, 6.07) is 4.88. The maximum Gasteiger partial charge on any atom is 0.416 e. The van der Waals surface area contributed by atoms with Gasteiger partial charge in [-0.2, -0.15) is 13.2 Å². The molecule has 0 saturated carbocycles. The lowest BCUT2D eigenvalue weighted by Crippen LogP contribution is -2.29. The minimum atomic E-state index is -4.34. The number of nitrogens with one attached hydrogen (secondary N) is 1. The molecule has 0 bridgehead atoms. The van der Waals surface area contributed by atoms with E-state index in [1.807, 2.05) is 0 Å². The lowest BCUT2D eigenvalue weighted by Gasteiger charge is -2.14. The highest BCUT2D eigenvalue weighted by atomic mass is 32.1. The molecule has 1 aromatic carbocycles. The number of nitrogens with zero attached hydrogens (tertiary/aromatic N) is 2. The highest BCUT2D eigenvalue weighted by Crippen LogP contribution is 2.30. The first-order valence-electron chi connectivity index (χ1n) is 5.40. The van der Waals surface area contributed by atoms with Crippen LogP contribution in [-0.2, 0) is 12.6 Å². The van der Waals surface area contributed by atoms with E-state index in [-0.39, 0.29) is 6.04 Å². The van der Waals surface area contributed by atoms with Crippen molar-refractivity contribution in [1.29, 1.82) is 0 Å². The molecule has 1 unspecified atom stereocenters. The summed E-state index contributed by atoms with van der Waals surface area (Å²) in [5.74, 6) is 5.41. The lowest BCUT2D eigenvalue weighted by molar-refractivity contribution is -0.137. The first-order chi connectivity index (χ1) is 9.00. The summed E-state index contributed by atoms with van der Waals surface area (Å²) in [7, 11) is 0. The van der Waals surface area contributed by atoms with E-state index in [0.29, 0.717) is 12.0 Å². The van der Waals surface area contributed by atoms with Crippen molar-refractivity contribution in [3.8, 4) is 0 Å². The van der Waals surface area contributed by atoms with E-state index < -0.39 is 11.7 Å². The smallest absolute Gasteiger partial charge is 0.271 e. The van der Waals surface area contributed by atoms with Crippen LogP contribution in [0, 0.1) is 0 Å². The molecule has 0 aliphatic carbocycles. The van der Waals surface area contributed by atoms with Gasteiger partial charge in [0.25, 0.3) is 0 Å². The number of nitrogens with two attached hydrogens (primary N) is 1. The zero-order chi connectivity index (χ0) is 13.9. The van der Waals surface area contributed by atoms with E-state index in [9.17, 15) is 13.2 Å². The molecule has 1 heterocycles. The average Bonchev–Trinajstić information content (AvgIpc) is 2.89. The maximum atomic E-state index is 12.6. The molecular formula is C11H11F3N4S. The maximum absolute atomic E-state index is 12.6. The Morgan fingerprint density at radius 3 is 2.74 bits per heavy atom. The summed E-state index contributed by atoms with van der Waals surface area (Å²) in [5.41, 5.74) is 2.44. The van der Waals surface area contributed by atoms with Gasteiger partial charge in [0, 0.05) is 0 Å². The van der Waals surface area contributed by atoms with Crippen LogP contribution >= 0.6 is 11.5 Å². The molecule has 4 nitrogen and oxygen atoms in total. The third-order valence-corrected chi connectivity index (χ3v) is 3.39. The van der Waals surface area contributed by atoms with E-state index in [4.69, 9.17) is 5.84 Å². The Morgan fingerprint density at radius 1 is 1.37 bits per heavy atom. The molecule has 102 valence electrons. The molecule has 0 aliphatic rings. The van der Waals surface area contributed by atoms with Gasteiger partial charge < -0.3 is 0 Å². The van der Waals surface area contributed by atoms with Crippen molar-refractivity contribution >= 4 is 11.5 Å². The van der Waals surface area contributed by atoms with E-state index in [1.165, 1.54) is 6.07 Å². The molecule has 1 aromatic heterocycles. The number of hydrazine groups is 1. The monoisotopic (exact) mass is 288 g/mol. The Kier molecular flexibility index (Phi) is 4.13. The molecule has 3 N–H and O–H groups in total. The number of alkyl halides is 3. The van der Waals surface area contributed by atoms with Crippen molar-refractivity contribution in [2.24, 2.45) is 5.84 Å². The Labute approximate surface area is 111 Å². The number of halogens is 3. The van der Waals surface area contributed by atoms with E-state index in [0.717, 1.165) is 28.5 Å². The Hall–Kier alpha value is -1.51. The average molecular weight is 288 g/mol. The normalized spacial score (nSPS) is 13.5. The second-order valence-corrected chi connectivity index (χ2v) is 4.76. The summed E-state index contributed by atoms with van der Waals surface area (Å²) < 4.78 is 41.5. The summed E-state index contributed by atoms with van der Waals surface area (Å²) in [5, 5.41) is 3.68. The van der Waals surface area contributed by atoms with Gasteiger partial charge in [-0.1, -0.05) is 22.7 Å². The van der Waals surface area contributed by atoms with Gasteiger partial charge in [-0.15, -0.1) is 5.10 Å². The summed E-state index contributed by atoms with van der Waals surface area (Å²) >= 11 is 1.16.